The van der Waals surface area contributed by atoms with Gasteiger partial charge in [0.1, 0.15) is 22.9 Å². The van der Waals surface area contributed by atoms with E-state index in [1.165, 1.54) is 32.4 Å². The zero-order chi connectivity index (χ0) is 42.0. The van der Waals surface area contributed by atoms with Crippen molar-refractivity contribution in [2.75, 3.05) is 57.4 Å². The first-order chi connectivity index (χ1) is 26.8. The number of carboxylic acid groups (broad SMARTS) is 1. The van der Waals surface area contributed by atoms with Crippen molar-refractivity contribution in [3.05, 3.63) is 57.6 Å². The topological polar surface area (TPSA) is 180 Å². The highest BCUT2D eigenvalue weighted by molar-refractivity contribution is 7.78. The lowest BCUT2D eigenvalue weighted by molar-refractivity contribution is -0.134. The van der Waals surface area contributed by atoms with Crippen molar-refractivity contribution < 1.29 is 56.1 Å². The number of amides is 1. The number of methoxy groups -OCH3 is 1. The summed E-state index contributed by atoms with van der Waals surface area (Å²) in [6.07, 6.45) is 2.76. The molecule has 1 aromatic heterocycles. The van der Waals surface area contributed by atoms with Crippen molar-refractivity contribution in [3.8, 4) is 11.5 Å². The number of esters is 1. The number of ether oxygens (including phenoxy) is 2. The Labute approximate surface area is 331 Å². The number of hydrogen-bond donors (Lipinski definition) is 1. The van der Waals surface area contributed by atoms with E-state index in [0.717, 1.165) is 18.9 Å². The zero-order valence-electron chi connectivity index (χ0n) is 33.7. The van der Waals surface area contributed by atoms with E-state index in [1.807, 2.05) is 6.92 Å². The summed E-state index contributed by atoms with van der Waals surface area (Å²) in [5.74, 6) is -3.25. The number of hydrogen-bond acceptors (Lipinski definition) is 12. The van der Waals surface area contributed by atoms with Crippen LogP contribution in [-0.2, 0) is 37.7 Å². The summed E-state index contributed by atoms with van der Waals surface area (Å²) >= 11 is 0. The van der Waals surface area contributed by atoms with Gasteiger partial charge in [0.2, 0.25) is 18.7 Å². The number of anilines is 1. The van der Waals surface area contributed by atoms with Crippen LogP contribution < -0.4 is 25.1 Å². The number of carboxylic acids is 1. The van der Waals surface area contributed by atoms with Gasteiger partial charge in [0.25, 0.3) is 0 Å². The summed E-state index contributed by atoms with van der Waals surface area (Å²) in [5.41, 5.74) is -1.43. The first kappa shape index (κ1) is 44.0. The molecule has 1 amide bonds. The third-order valence-electron chi connectivity index (χ3n) is 10.1. The summed E-state index contributed by atoms with van der Waals surface area (Å²) in [7, 11) is -6.36. The number of pyridine rings is 1. The van der Waals surface area contributed by atoms with Gasteiger partial charge in [-0.15, -0.1) is 0 Å². The molecule has 0 bridgehead atoms. The van der Waals surface area contributed by atoms with Crippen molar-refractivity contribution in [2.24, 2.45) is 0 Å². The number of carbonyl (C=O) groups excluding carboxylic acids is 2. The number of aromatic nitrogens is 1. The molecule has 2 aliphatic rings. The molecule has 2 heterocycles. The molecule has 1 N–H and O–H groups in total. The van der Waals surface area contributed by atoms with Gasteiger partial charge in [-0.05, 0) is 64.8 Å². The number of rotatable bonds is 17. The van der Waals surface area contributed by atoms with Crippen LogP contribution in [0.1, 0.15) is 89.7 Å². The van der Waals surface area contributed by atoms with Crippen molar-refractivity contribution in [1.82, 2.24) is 9.47 Å². The second-order valence-electron chi connectivity index (χ2n) is 14.8. The van der Waals surface area contributed by atoms with Gasteiger partial charge >= 0.3 is 19.5 Å². The van der Waals surface area contributed by atoms with E-state index in [4.69, 9.17) is 23.0 Å². The number of fused-ring (bicyclic) bond motifs is 1. The smallest absolute Gasteiger partial charge is 0.341 e. The van der Waals surface area contributed by atoms with Crippen LogP contribution in [-0.4, -0.2) is 90.9 Å². The number of aromatic carboxylic acids is 1. The standard InChI is InChI=1S/C39H52FN3O12P2/c1-9-52-56(49,23-57(50,53-10-2)54-11-3)27-14-15-32(55-25(5)44)30(18-27)39(6,7)20-33(45)42-17-16-41(21-24(42)4)35-31(40)19-28-34(37(35)51-8)43(26-12-13-26)22-29(36(28)46)38(47)48/h14-15,18-19,22,24,26H,9-13,16-17,20-21,23H2,1-8H3,(H,47,48). The molecule has 1 saturated heterocycles. The number of benzene rings is 2. The molecule has 57 heavy (non-hydrogen) atoms. The average Bonchev–Trinajstić information content (AvgIpc) is 3.97. The molecule has 1 aliphatic carbocycles. The third-order valence-corrected chi connectivity index (χ3v) is 16.0. The minimum absolute atomic E-state index is 0.0309. The lowest BCUT2D eigenvalue weighted by Crippen LogP contribution is -2.55. The molecule has 1 saturated carbocycles. The maximum Gasteiger partial charge on any atom is 0.341 e. The van der Waals surface area contributed by atoms with E-state index < -0.39 is 61.1 Å². The lowest BCUT2D eigenvalue weighted by Gasteiger charge is -2.42. The largest absolute Gasteiger partial charge is 0.492 e. The maximum atomic E-state index is 16.1. The molecule has 18 heteroatoms. The predicted octanol–water partition coefficient (Wildman–Crippen LogP) is 6.68. The Balaban J connectivity index is 1.44. The summed E-state index contributed by atoms with van der Waals surface area (Å²) in [5, 5.41) is 9.79. The van der Waals surface area contributed by atoms with Gasteiger partial charge in [-0.1, -0.05) is 13.8 Å². The quantitative estimate of drug-likeness (QED) is 0.0866. The van der Waals surface area contributed by atoms with Crippen molar-refractivity contribution in [2.45, 2.75) is 85.2 Å². The SMILES string of the molecule is CCOP(=O)(CP(=O)(OCC)c1ccc(OC(C)=O)c(C(C)(C)CC(=O)N2CCN(c3c(F)cc4c(=O)c(C(=O)O)cn(C5CC5)c4c3OC)CC2C)c1)OCC. The summed E-state index contributed by atoms with van der Waals surface area (Å²) in [6.45, 7) is 12.4. The Hall–Kier alpha value is -4.07. The minimum atomic E-state index is -3.89. The molecular weight excluding hydrogens is 783 g/mol. The highest BCUT2D eigenvalue weighted by Crippen LogP contribution is 2.63. The molecule has 2 fully saturated rings. The molecule has 2 atom stereocenters. The number of piperazine rings is 1. The first-order valence-electron chi connectivity index (χ1n) is 19.0. The Morgan fingerprint density at radius 3 is 2.19 bits per heavy atom. The molecule has 0 spiro atoms. The molecule has 312 valence electrons. The second-order valence-corrected chi connectivity index (χ2v) is 19.8. The average molecular weight is 836 g/mol. The highest BCUT2D eigenvalue weighted by Gasteiger charge is 2.41. The maximum absolute atomic E-state index is 16.1. The van der Waals surface area contributed by atoms with Crippen LogP contribution in [0.15, 0.2) is 35.3 Å². The molecule has 2 unspecified atom stereocenters. The molecule has 15 nitrogen and oxygen atoms in total. The Morgan fingerprint density at radius 1 is 1.00 bits per heavy atom. The summed E-state index contributed by atoms with van der Waals surface area (Å²) in [6, 6.07) is 5.10. The van der Waals surface area contributed by atoms with Gasteiger partial charge in [0.15, 0.2) is 11.6 Å². The summed E-state index contributed by atoms with van der Waals surface area (Å²) in [4.78, 5) is 54.9. The van der Waals surface area contributed by atoms with Gasteiger partial charge in [-0.25, -0.2) is 9.18 Å². The molecular formula is C39H52FN3O12P2. The molecule has 0 radical (unpaired) electrons. The Bertz CT molecular complexity index is 2190. The fourth-order valence-electron chi connectivity index (χ4n) is 7.48. The molecule has 5 rings (SSSR count). The molecule has 3 aromatic rings. The van der Waals surface area contributed by atoms with E-state index in [0.29, 0.717) is 11.1 Å². The third kappa shape index (κ3) is 9.31. The van der Waals surface area contributed by atoms with E-state index in [9.17, 15) is 33.4 Å². The number of halogens is 1. The Kier molecular flexibility index (Phi) is 13.5. The van der Waals surface area contributed by atoms with Crippen LogP contribution in [0, 0.1) is 5.82 Å². The van der Waals surface area contributed by atoms with Gasteiger partial charge in [0.05, 0.1) is 37.8 Å². The zero-order valence-corrected chi connectivity index (χ0v) is 35.5. The number of carbonyl (C=O) groups is 3. The van der Waals surface area contributed by atoms with Crippen molar-refractivity contribution in [3.63, 3.8) is 0 Å². The minimum Gasteiger partial charge on any atom is -0.492 e. The van der Waals surface area contributed by atoms with Gasteiger partial charge in [-0.3, -0.25) is 23.5 Å². The molecule has 1 aliphatic heterocycles. The summed E-state index contributed by atoms with van der Waals surface area (Å²) < 4.78 is 73.8. The van der Waals surface area contributed by atoms with E-state index >= 15 is 4.39 Å². The fraction of sp³-hybridized carbons (Fsp3) is 0.538. The van der Waals surface area contributed by atoms with Crippen LogP contribution in [0.25, 0.3) is 10.9 Å². The molecule has 2 aromatic carbocycles. The Morgan fingerprint density at radius 2 is 1.65 bits per heavy atom. The van der Waals surface area contributed by atoms with Gasteiger partial charge in [0, 0.05) is 67.5 Å². The monoisotopic (exact) mass is 835 g/mol. The van der Waals surface area contributed by atoms with Crippen LogP contribution in [0.2, 0.25) is 0 Å². The van der Waals surface area contributed by atoms with Crippen LogP contribution in [0.3, 0.4) is 0 Å². The van der Waals surface area contributed by atoms with Crippen LogP contribution in [0.5, 0.6) is 11.5 Å². The van der Waals surface area contributed by atoms with E-state index in [-0.39, 0.29) is 85.7 Å². The van der Waals surface area contributed by atoms with Crippen LogP contribution >= 0.6 is 15.0 Å². The normalized spacial score (nSPS) is 17.4. The first-order valence-corrected chi connectivity index (χ1v) is 22.6. The van der Waals surface area contributed by atoms with Crippen LogP contribution in [0.4, 0.5) is 10.1 Å². The van der Waals surface area contributed by atoms with Crippen molar-refractivity contribution in [1.29, 1.82) is 0 Å². The fourth-order valence-corrected chi connectivity index (χ4v) is 13.0. The second kappa shape index (κ2) is 17.4. The van der Waals surface area contributed by atoms with Gasteiger partial charge in [-0.2, -0.15) is 0 Å². The van der Waals surface area contributed by atoms with Gasteiger partial charge < -0.3 is 42.5 Å². The predicted molar refractivity (Wildman–Crippen MR) is 213 cm³/mol. The van der Waals surface area contributed by atoms with E-state index in [1.54, 1.807) is 55.1 Å². The number of nitrogens with zero attached hydrogens (tertiary/aromatic N) is 3. The van der Waals surface area contributed by atoms with E-state index in [2.05, 4.69) is 0 Å². The highest BCUT2D eigenvalue weighted by atomic mass is 31.2. The van der Waals surface area contributed by atoms with Crippen molar-refractivity contribution >= 4 is 54.7 Å². The lowest BCUT2D eigenvalue weighted by atomic mass is 9.80.